The van der Waals surface area contributed by atoms with E-state index in [0.29, 0.717) is 5.37 Å². The summed E-state index contributed by atoms with van der Waals surface area (Å²) in [6.07, 6.45) is 0. The lowest BCUT2D eigenvalue weighted by Gasteiger charge is -1.62. The molecule has 1 rings (SSSR count). The van der Waals surface area contributed by atoms with Gasteiger partial charge in [-0.25, -0.2) is 0 Å². The van der Waals surface area contributed by atoms with Gasteiger partial charge < -0.3 is 0 Å². The highest BCUT2D eigenvalue weighted by Crippen LogP contribution is 2.03. The van der Waals surface area contributed by atoms with Crippen molar-refractivity contribution in [1.82, 2.24) is 5.32 Å². The van der Waals surface area contributed by atoms with Crippen molar-refractivity contribution in [2.75, 3.05) is 6.54 Å². The Hall–Kier alpha value is -0.0400. The third kappa shape index (κ3) is 0.977. The fourth-order valence-electron chi connectivity index (χ4n) is 0.274. The molecule has 0 amide bonds. The lowest BCUT2D eigenvalue weighted by molar-refractivity contribution is 1.31. The van der Waals surface area contributed by atoms with Crippen LogP contribution in [0.2, 0.25) is 0 Å². The van der Waals surface area contributed by atoms with Gasteiger partial charge in [0.1, 0.15) is 0 Å². The summed E-state index contributed by atoms with van der Waals surface area (Å²) in [5, 5.41) is 6.82. The second-order valence-electron chi connectivity index (χ2n) is 1.22. The molecule has 2 heteroatoms. The number of nitrogens with one attached hydrogen (secondary N) is 1. The molecule has 0 aromatic rings. The van der Waals surface area contributed by atoms with Crippen molar-refractivity contribution >= 4 is 11.2 Å². The van der Waals surface area contributed by atoms with Crippen LogP contribution >= 0.6 is 11.2 Å². The van der Waals surface area contributed by atoms with E-state index in [1.54, 1.807) is 11.2 Å². The van der Waals surface area contributed by atoms with Gasteiger partial charge in [0.15, 0.2) is 0 Å². The molecule has 34 valence electrons. The predicted molar refractivity (Wildman–Crippen MR) is 28.9 cm³/mol. The summed E-state index contributed by atoms with van der Waals surface area (Å²) in [6.45, 7) is 3.11. The highest BCUT2D eigenvalue weighted by Gasteiger charge is 2.15. The summed E-state index contributed by atoms with van der Waals surface area (Å²) < 4.78 is 0. The fourth-order valence-corrected chi connectivity index (χ4v) is 0.821. The summed E-state index contributed by atoms with van der Waals surface area (Å²) in [5.41, 5.74) is 0. The number of hydrogen-bond donors (Lipinski definition) is 1. The molecule has 1 atom stereocenters. The van der Waals surface area contributed by atoms with Crippen LogP contribution in [0.5, 0.6) is 0 Å². The van der Waals surface area contributed by atoms with E-state index >= 15 is 0 Å². The molecule has 0 bridgehead atoms. The Morgan fingerprint density at radius 1 is 2.00 bits per heavy atom. The van der Waals surface area contributed by atoms with E-state index in [2.05, 4.69) is 10.5 Å². The van der Waals surface area contributed by atoms with Gasteiger partial charge in [-0.1, -0.05) is 5.18 Å². The zero-order chi connectivity index (χ0) is 4.41. The molecule has 0 spiro atoms. The van der Waals surface area contributed by atoms with Gasteiger partial charge in [-0.3, -0.25) is 5.32 Å². The van der Waals surface area contributed by atoms with Gasteiger partial charge in [0.2, 0.25) is 0 Å². The standard InChI is InChI=1S/C4H7NS/c1-2-6-4-3-5-4/h4-5H,3H2,1H3. The monoisotopic (exact) mass is 101 g/mol. The molecule has 0 aromatic heterocycles. The topological polar surface area (TPSA) is 21.9 Å². The number of hydrogen-bond acceptors (Lipinski definition) is 1. The van der Waals surface area contributed by atoms with E-state index in [0.717, 1.165) is 0 Å². The van der Waals surface area contributed by atoms with E-state index in [1.165, 1.54) is 6.54 Å². The van der Waals surface area contributed by atoms with Crippen LogP contribution in [0.1, 0.15) is 6.92 Å². The maximum absolute atomic E-state index is 3.14. The highest BCUT2D eigenvalue weighted by atomic mass is 32.1. The minimum Gasteiger partial charge on any atom is -0.298 e. The third-order valence-electron chi connectivity index (χ3n) is 0.631. The molecule has 1 unspecified atom stereocenters. The summed E-state index contributed by atoms with van der Waals surface area (Å²) >= 11 is 1.74. The van der Waals surface area contributed by atoms with E-state index in [9.17, 15) is 0 Å². The Kier molecular flexibility index (Phi) is 1.10. The van der Waals surface area contributed by atoms with Crippen LogP contribution in [0.15, 0.2) is 0 Å². The smallest absolute Gasteiger partial charge is 0.0906 e. The molecule has 1 fully saturated rings. The molecule has 1 aliphatic rings. The largest absolute Gasteiger partial charge is 0.298 e. The van der Waals surface area contributed by atoms with Crippen LogP contribution in [-0.2, 0) is 0 Å². The van der Waals surface area contributed by atoms with Crippen molar-refractivity contribution in [2.24, 2.45) is 0 Å². The zero-order valence-corrected chi connectivity index (χ0v) is 4.51. The van der Waals surface area contributed by atoms with Gasteiger partial charge in [0.25, 0.3) is 0 Å². The summed E-state index contributed by atoms with van der Waals surface area (Å²) in [7, 11) is 0. The van der Waals surface area contributed by atoms with Crippen molar-refractivity contribution in [3.05, 3.63) is 0 Å². The third-order valence-corrected chi connectivity index (χ3v) is 1.48. The van der Waals surface area contributed by atoms with Crippen LogP contribution in [0.4, 0.5) is 0 Å². The van der Waals surface area contributed by atoms with Gasteiger partial charge in [-0.2, -0.15) is 0 Å². The highest BCUT2D eigenvalue weighted by molar-refractivity contribution is 7.89. The van der Waals surface area contributed by atoms with Crippen LogP contribution in [0.3, 0.4) is 0 Å². The van der Waals surface area contributed by atoms with E-state index in [4.69, 9.17) is 0 Å². The van der Waals surface area contributed by atoms with E-state index in [-0.39, 0.29) is 0 Å². The molecule has 6 heavy (non-hydrogen) atoms. The Morgan fingerprint density at radius 2 is 2.67 bits per heavy atom. The first-order valence-corrected chi connectivity index (χ1v) is 2.87. The van der Waals surface area contributed by atoms with Crippen LogP contribution in [0.25, 0.3) is 0 Å². The second-order valence-corrected chi connectivity index (χ2v) is 2.43. The molecule has 1 N–H and O–H groups in total. The fraction of sp³-hybridized carbons (Fsp3) is 0.750. The number of rotatable bonds is 0. The van der Waals surface area contributed by atoms with E-state index in [1.807, 2.05) is 6.92 Å². The molecule has 1 heterocycles. The lowest BCUT2D eigenvalue weighted by Crippen LogP contribution is -1.70. The minimum absolute atomic E-state index is 0.704. The Morgan fingerprint density at radius 3 is 2.83 bits per heavy atom. The molecule has 1 nitrogen and oxygen atoms in total. The molecular formula is C4H7NS. The molecule has 0 aromatic carbocycles. The maximum Gasteiger partial charge on any atom is 0.0906 e. The average molecular weight is 101 g/mol. The van der Waals surface area contributed by atoms with Gasteiger partial charge >= 0.3 is 0 Å². The maximum atomic E-state index is 3.14. The molecule has 0 aliphatic carbocycles. The van der Waals surface area contributed by atoms with Crippen LogP contribution < -0.4 is 5.32 Å². The van der Waals surface area contributed by atoms with Crippen molar-refractivity contribution in [1.29, 1.82) is 0 Å². The van der Waals surface area contributed by atoms with E-state index < -0.39 is 0 Å². The van der Waals surface area contributed by atoms with Gasteiger partial charge in [-0.15, -0.1) is 11.2 Å². The first-order chi connectivity index (χ1) is 2.93. The molecule has 0 saturated carbocycles. The predicted octanol–water partition coefficient (Wildman–Crippen LogP) is 0.628. The molecule has 0 radical (unpaired) electrons. The SMILES string of the molecule is CC#SC1CN1. The van der Waals surface area contributed by atoms with Crippen molar-refractivity contribution in [3.63, 3.8) is 0 Å². The Labute approximate surface area is 41.3 Å². The quantitative estimate of drug-likeness (QED) is 0.444. The summed E-state index contributed by atoms with van der Waals surface area (Å²) in [5.74, 6) is 0. The average Bonchev–Trinajstić information content (AvgIpc) is 2.21. The van der Waals surface area contributed by atoms with Gasteiger partial charge in [0, 0.05) is 6.54 Å². The van der Waals surface area contributed by atoms with Crippen molar-refractivity contribution in [3.8, 4) is 5.18 Å². The van der Waals surface area contributed by atoms with Gasteiger partial charge in [0.05, 0.1) is 5.37 Å². The van der Waals surface area contributed by atoms with Crippen molar-refractivity contribution < 1.29 is 0 Å². The van der Waals surface area contributed by atoms with Crippen molar-refractivity contribution in [2.45, 2.75) is 12.3 Å². The lowest BCUT2D eigenvalue weighted by atomic mass is 11.0. The van der Waals surface area contributed by atoms with Gasteiger partial charge in [-0.05, 0) is 6.92 Å². The Balaban J connectivity index is 2.27. The summed E-state index contributed by atoms with van der Waals surface area (Å²) in [4.78, 5) is 0. The summed E-state index contributed by atoms with van der Waals surface area (Å²) in [6, 6.07) is 0. The minimum atomic E-state index is 0.704. The van der Waals surface area contributed by atoms with Crippen LogP contribution in [0, 0.1) is 5.18 Å². The Bertz CT molecular complexity index is 95.9. The van der Waals surface area contributed by atoms with Crippen LogP contribution in [-0.4, -0.2) is 11.9 Å². The normalized spacial score (nSPS) is 28.5. The second kappa shape index (κ2) is 1.61. The first kappa shape index (κ1) is 4.13. The molecule has 1 aliphatic heterocycles. The first-order valence-electron chi connectivity index (χ1n) is 1.99. The zero-order valence-electron chi connectivity index (χ0n) is 3.69. The molecule has 1 saturated heterocycles. The molecular weight excluding hydrogens is 94.1 g/mol.